The fraction of sp³-hybridized carbons (Fsp3) is 0.286. The number of amidine groups is 1. The lowest BCUT2D eigenvalue weighted by atomic mass is 10.2. The number of aliphatic imine (C=N–C) groups is 1. The maximum Gasteiger partial charge on any atom is 0.286 e. The molecule has 0 atom stereocenters. The first-order valence-corrected chi connectivity index (χ1v) is 7.33. The largest absolute Gasteiger partial charge is 0.286 e. The lowest BCUT2D eigenvalue weighted by molar-refractivity contribution is -0.113. The zero-order valence-corrected chi connectivity index (χ0v) is 11.6. The second kappa shape index (κ2) is 5.76. The number of halogens is 1. The highest BCUT2D eigenvalue weighted by Gasteiger charge is 2.26. The Morgan fingerprint density at radius 2 is 2.30 bits per heavy atom. The summed E-state index contributed by atoms with van der Waals surface area (Å²) >= 11 is 1.33. The van der Waals surface area contributed by atoms with Crippen molar-refractivity contribution in [3.63, 3.8) is 0 Å². The summed E-state index contributed by atoms with van der Waals surface area (Å²) in [7, 11) is 0. The molecule has 1 aromatic carbocycles. The highest BCUT2D eigenvalue weighted by atomic mass is 32.2. The van der Waals surface area contributed by atoms with Crippen molar-refractivity contribution in [1.29, 1.82) is 0 Å². The Hall–Kier alpha value is -1.66. The first-order valence-electron chi connectivity index (χ1n) is 6.51. The molecule has 0 radical (unpaired) electrons. The van der Waals surface area contributed by atoms with E-state index >= 15 is 0 Å². The second-order valence-corrected chi connectivity index (χ2v) is 5.64. The van der Waals surface area contributed by atoms with Crippen LogP contribution in [-0.2, 0) is 4.79 Å². The van der Waals surface area contributed by atoms with Crippen LogP contribution in [0.1, 0.15) is 18.4 Å². The Bertz CT molecular complexity index is 594. The molecule has 2 aliphatic rings. The smallest absolute Gasteiger partial charge is 0.286 e. The standard InChI is InChI=1S/C14H14FN3OS/c15-11-5-3-4-10(8-11)9-12-13(19)17-14(20-12)18-7-2-1-6-16-18/h3-5,8-9,16H,1-2,6-7H2/b12-9+. The molecule has 2 heterocycles. The van der Waals surface area contributed by atoms with Gasteiger partial charge in [-0.05, 0) is 48.4 Å². The van der Waals surface area contributed by atoms with Gasteiger partial charge in [0.05, 0.1) is 4.91 Å². The van der Waals surface area contributed by atoms with E-state index in [-0.39, 0.29) is 11.7 Å². The molecule has 0 unspecified atom stereocenters. The van der Waals surface area contributed by atoms with E-state index in [9.17, 15) is 9.18 Å². The number of nitrogens with zero attached hydrogens (tertiary/aromatic N) is 2. The van der Waals surface area contributed by atoms with E-state index < -0.39 is 0 Å². The van der Waals surface area contributed by atoms with Gasteiger partial charge >= 0.3 is 0 Å². The van der Waals surface area contributed by atoms with Crippen LogP contribution in [0.5, 0.6) is 0 Å². The van der Waals surface area contributed by atoms with Crippen molar-refractivity contribution in [2.24, 2.45) is 4.99 Å². The number of nitrogens with one attached hydrogen (secondary N) is 1. The van der Waals surface area contributed by atoms with Crippen molar-refractivity contribution in [3.8, 4) is 0 Å². The lowest BCUT2D eigenvalue weighted by Crippen LogP contribution is -2.45. The molecule has 3 rings (SSSR count). The van der Waals surface area contributed by atoms with Crippen LogP contribution in [0.3, 0.4) is 0 Å². The third-order valence-electron chi connectivity index (χ3n) is 3.10. The molecule has 0 aliphatic carbocycles. The molecule has 1 amide bonds. The van der Waals surface area contributed by atoms with E-state index in [0.717, 1.165) is 25.9 Å². The minimum atomic E-state index is -0.311. The van der Waals surface area contributed by atoms with E-state index in [4.69, 9.17) is 0 Å². The molecule has 1 N–H and O–H groups in total. The Morgan fingerprint density at radius 3 is 3.05 bits per heavy atom. The summed E-state index contributed by atoms with van der Waals surface area (Å²) in [5.74, 6) is -0.574. The summed E-state index contributed by atoms with van der Waals surface area (Å²) in [6.45, 7) is 1.75. The highest BCUT2D eigenvalue weighted by molar-refractivity contribution is 8.18. The molecular weight excluding hydrogens is 277 g/mol. The van der Waals surface area contributed by atoms with Crippen LogP contribution < -0.4 is 5.43 Å². The number of thioether (sulfide) groups is 1. The van der Waals surface area contributed by atoms with Crippen LogP contribution in [0.25, 0.3) is 6.08 Å². The van der Waals surface area contributed by atoms with Crippen LogP contribution in [0.2, 0.25) is 0 Å². The third kappa shape index (κ3) is 2.91. The molecular formula is C14H14FN3OS. The van der Waals surface area contributed by atoms with Gasteiger partial charge in [0, 0.05) is 13.1 Å². The fourth-order valence-electron chi connectivity index (χ4n) is 2.11. The summed E-state index contributed by atoms with van der Waals surface area (Å²) in [6.07, 6.45) is 3.90. The molecule has 1 saturated heterocycles. The van der Waals surface area contributed by atoms with Crippen LogP contribution >= 0.6 is 11.8 Å². The number of carbonyl (C=O) groups excluding carboxylic acids is 1. The van der Waals surface area contributed by atoms with Gasteiger partial charge in [-0.15, -0.1) is 0 Å². The van der Waals surface area contributed by atoms with Crippen molar-refractivity contribution in [2.45, 2.75) is 12.8 Å². The van der Waals surface area contributed by atoms with Crippen molar-refractivity contribution in [3.05, 3.63) is 40.6 Å². The summed E-state index contributed by atoms with van der Waals surface area (Å²) in [5, 5.41) is 2.59. The van der Waals surface area contributed by atoms with Crippen LogP contribution in [-0.4, -0.2) is 29.2 Å². The van der Waals surface area contributed by atoms with E-state index in [2.05, 4.69) is 10.4 Å². The van der Waals surface area contributed by atoms with Gasteiger partial charge in [-0.2, -0.15) is 4.99 Å². The monoisotopic (exact) mass is 291 g/mol. The van der Waals surface area contributed by atoms with E-state index in [1.54, 1.807) is 18.2 Å². The van der Waals surface area contributed by atoms with Gasteiger partial charge in [0.15, 0.2) is 5.17 Å². The summed E-state index contributed by atoms with van der Waals surface area (Å²) in [6, 6.07) is 6.17. The molecule has 0 bridgehead atoms. The van der Waals surface area contributed by atoms with Crippen molar-refractivity contribution < 1.29 is 9.18 Å². The number of carbonyl (C=O) groups is 1. The van der Waals surface area contributed by atoms with Gasteiger partial charge in [0.25, 0.3) is 5.91 Å². The van der Waals surface area contributed by atoms with Crippen LogP contribution in [0.15, 0.2) is 34.2 Å². The van der Waals surface area contributed by atoms with Crippen molar-refractivity contribution in [2.75, 3.05) is 13.1 Å². The Kier molecular flexibility index (Phi) is 3.84. The summed E-state index contributed by atoms with van der Waals surface area (Å²) < 4.78 is 13.1. The predicted molar refractivity (Wildman–Crippen MR) is 78.4 cm³/mol. The van der Waals surface area contributed by atoms with Gasteiger partial charge < -0.3 is 0 Å². The zero-order chi connectivity index (χ0) is 13.9. The fourth-order valence-corrected chi connectivity index (χ4v) is 3.03. The Labute approximate surface area is 120 Å². The Morgan fingerprint density at radius 1 is 1.40 bits per heavy atom. The van der Waals surface area contributed by atoms with Crippen molar-refractivity contribution >= 4 is 28.9 Å². The topological polar surface area (TPSA) is 44.7 Å². The lowest BCUT2D eigenvalue weighted by Gasteiger charge is -2.28. The van der Waals surface area contributed by atoms with Gasteiger partial charge in [0.1, 0.15) is 5.82 Å². The van der Waals surface area contributed by atoms with Gasteiger partial charge in [-0.25, -0.2) is 9.82 Å². The van der Waals surface area contributed by atoms with Gasteiger partial charge in [0.2, 0.25) is 0 Å². The molecule has 0 aromatic heterocycles. The Balaban J connectivity index is 1.76. The number of hydrazine groups is 1. The number of benzene rings is 1. The van der Waals surface area contributed by atoms with E-state index in [1.807, 2.05) is 5.01 Å². The molecule has 0 spiro atoms. The third-order valence-corrected chi connectivity index (χ3v) is 4.10. The number of hydrogen-bond donors (Lipinski definition) is 1. The van der Waals surface area contributed by atoms with Crippen LogP contribution in [0.4, 0.5) is 4.39 Å². The summed E-state index contributed by atoms with van der Waals surface area (Å²) in [5.41, 5.74) is 3.89. The first kappa shape index (κ1) is 13.3. The normalized spacial score (nSPS) is 21.4. The quantitative estimate of drug-likeness (QED) is 0.807. The number of hydrogen-bond acceptors (Lipinski definition) is 4. The first-order chi connectivity index (χ1) is 9.72. The summed E-state index contributed by atoms with van der Waals surface area (Å²) in [4.78, 5) is 16.5. The minimum absolute atomic E-state index is 0.262. The second-order valence-electron chi connectivity index (χ2n) is 4.63. The minimum Gasteiger partial charge on any atom is -0.286 e. The molecule has 104 valence electrons. The van der Waals surface area contributed by atoms with Gasteiger partial charge in [-0.3, -0.25) is 9.80 Å². The maximum absolute atomic E-state index is 13.1. The number of rotatable bonds is 1. The van der Waals surface area contributed by atoms with E-state index in [0.29, 0.717) is 15.6 Å². The van der Waals surface area contributed by atoms with E-state index in [1.165, 1.54) is 23.9 Å². The van der Waals surface area contributed by atoms with Crippen molar-refractivity contribution in [1.82, 2.24) is 10.4 Å². The molecule has 0 saturated carbocycles. The molecule has 1 fully saturated rings. The average Bonchev–Trinajstić information content (AvgIpc) is 2.81. The molecule has 2 aliphatic heterocycles. The molecule has 6 heteroatoms. The molecule has 4 nitrogen and oxygen atoms in total. The highest BCUT2D eigenvalue weighted by Crippen LogP contribution is 2.30. The predicted octanol–water partition coefficient (Wildman–Crippen LogP) is 2.40. The number of amides is 1. The zero-order valence-electron chi connectivity index (χ0n) is 10.8. The average molecular weight is 291 g/mol. The molecule has 1 aromatic rings. The maximum atomic E-state index is 13.1. The van der Waals surface area contributed by atoms with Crippen LogP contribution in [0, 0.1) is 5.82 Å². The van der Waals surface area contributed by atoms with Gasteiger partial charge in [-0.1, -0.05) is 12.1 Å². The SMILES string of the molecule is O=C1N=C(N2CCCCN2)S/C1=C/c1cccc(F)c1. The molecule has 20 heavy (non-hydrogen) atoms.